The van der Waals surface area contributed by atoms with Crippen molar-refractivity contribution >= 4 is 22.7 Å². The van der Waals surface area contributed by atoms with Crippen molar-refractivity contribution in [3.8, 4) is 28.1 Å². The minimum Gasteiger partial charge on any atom is -0.507 e. The fourth-order valence-corrected chi connectivity index (χ4v) is 5.71. The van der Waals surface area contributed by atoms with E-state index in [9.17, 15) is 14.7 Å². The number of hydrogen-bond donors (Lipinski definition) is 3. The number of hydrogen-bond acceptors (Lipinski definition) is 6. The van der Waals surface area contributed by atoms with E-state index in [1.54, 1.807) is 17.3 Å². The van der Waals surface area contributed by atoms with Gasteiger partial charge in [0.05, 0.1) is 30.9 Å². The number of phenolic OH excluding ortho intramolecular Hbond substituents is 1. The van der Waals surface area contributed by atoms with Crippen molar-refractivity contribution in [2.24, 2.45) is 0 Å². The maximum Gasteiger partial charge on any atom is 0.267 e. The van der Waals surface area contributed by atoms with Gasteiger partial charge in [-0.1, -0.05) is 66.7 Å². The first kappa shape index (κ1) is 28.1. The molecule has 2 amide bonds. The van der Waals surface area contributed by atoms with E-state index in [0.717, 1.165) is 33.3 Å². The molecule has 43 heavy (non-hydrogen) atoms. The van der Waals surface area contributed by atoms with Crippen molar-refractivity contribution in [3.05, 3.63) is 108 Å². The number of nitrogens with one attached hydrogen (secondary N) is 2. The highest BCUT2D eigenvalue weighted by atomic mass is 16.6. The summed E-state index contributed by atoms with van der Waals surface area (Å²) in [6.07, 6.45) is 3.66. The Hall–Kier alpha value is -4.99. The van der Waals surface area contributed by atoms with Gasteiger partial charge in [0.2, 0.25) is 5.91 Å². The lowest BCUT2D eigenvalue weighted by Gasteiger charge is -2.40. The summed E-state index contributed by atoms with van der Waals surface area (Å²) in [6, 6.07) is 26.6. The molecule has 218 valence electrons. The van der Waals surface area contributed by atoms with Crippen molar-refractivity contribution < 1.29 is 19.5 Å². The van der Waals surface area contributed by atoms with E-state index >= 15 is 0 Å². The zero-order valence-electron chi connectivity index (χ0n) is 23.9. The van der Waals surface area contributed by atoms with Gasteiger partial charge in [-0.15, -0.1) is 0 Å². The van der Waals surface area contributed by atoms with E-state index in [4.69, 9.17) is 4.84 Å². The van der Waals surface area contributed by atoms with Crippen LogP contribution in [0.2, 0.25) is 0 Å². The highest BCUT2D eigenvalue weighted by Gasteiger charge is 2.35. The number of pyridine rings is 1. The number of para-hydroxylation sites is 1. The molecule has 3 aromatic carbocycles. The van der Waals surface area contributed by atoms with Crippen LogP contribution in [0.15, 0.2) is 97.3 Å². The van der Waals surface area contributed by atoms with Crippen LogP contribution >= 0.6 is 0 Å². The van der Waals surface area contributed by atoms with Crippen LogP contribution in [-0.4, -0.2) is 69.5 Å². The largest absolute Gasteiger partial charge is 0.507 e. The number of aromatic hydroxyl groups is 1. The highest BCUT2D eigenvalue weighted by Crippen LogP contribution is 2.38. The van der Waals surface area contributed by atoms with Crippen molar-refractivity contribution in [2.45, 2.75) is 19.0 Å². The minimum absolute atomic E-state index is 0.124. The van der Waals surface area contributed by atoms with Gasteiger partial charge in [0.25, 0.3) is 5.91 Å². The molecule has 3 heterocycles. The summed E-state index contributed by atoms with van der Waals surface area (Å²) in [5, 5.41) is 12.2. The quantitative estimate of drug-likeness (QED) is 0.235. The normalized spacial score (nSPS) is 15.5. The highest BCUT2D eigenvalue weighted by molar-refractivity contribution is 5.90. The maximum atomic E-state index is 13.5. The Labute approximate surface area is 249 Å². The van der Waals surface area contributed by atoms with Crippen LogP contribution in [0.3, 0.4) is 0 Å². The van der Waals surface area contributed by atoms with E-state index in [0.29, 0.717) is 37.3 Å². The first-order valence-electron chi connectivity index (χ1n) is 14.2. The van der Waals surface area contributed by atoms with Crippen LogP contribution in [0.5, 0.6) is 5.75 Å². The van der Waals surface area contributed by atoms with E-state index in [-0.39, 0.29) is 24.0 Å². The monoisotopic (exact) mass is 575 g/mol. The Morgan fingerprint density at radius 3 is 2.53 bits per heavy atom. The fourth-order valence-electron chi connectivity index (χ4n) is 5.71. The van der Waals surface area contributed by atoms with Gasteiger partial charge in [-0.3, -0.25) is 24.3 Å². The van der Waals surface area contributed by atoms with Crippen LogP contribution in [-0.2, 0) is 27.4 Å². The number of fused-ring (bicyclic) bond motifs is 1. The lowest BCUT2D eigenvalue weighted by atomic mass is 9.98. The van der Waals surface area contributed by atoms with Crippen LogP contribution < -0.4 is 5.48 Å². The first-order valence-corrected chi connectivity index (χ1v) is 14.2. The molecule has 9 nitrogen and oxygen atoms in total. The van der Waals surface area contributed by atoms with Crippen LogP contribution in [0, 0.1) is 0 Å². The average Bonchev–Trinajstić information content (AvgIpc) is 3.46. The summed E-state index contributed by atoms with van der Waals surface area (Å²) in [7, 11) is 1.39. The molecule has 0 aliphatic carbocycles. The van der Waals surface area contributed by atoms with Crippen LogP contribution in [0.1, 0.15) is 11.1 Å². The average molecular weight is 576 g/mol. The van der Waals surface area contributed by atoms with Crippen LogP contribution in [0.25, 0.3) is 33.3 Å². The number of H-pyrrole nitrogens is 1. The molecule has 1 aliphatic rings. The predicted octanol–water partition coefficient (Wildman–Crippen LogP) is 4.54. The Morgan fingerprint density at radius 2 is 1.77 bits per heavy atom. The fraction of sp³-hybridized carbons (Fsp3) is 0.206. The lowest BCUT2D eigenvalue weighted by Crippen LogP contribution is -2.60. The summed E-state index contributed by atoms with van der Waals surface area (Å²) in [5.41, 5.74) is 8.32. The van der Waals surface area contributed by atoms with E-state index < -0.39 is 6.04 Å². The number of amides is 2. The van der Waals surface area contributed by atoms with Gasteiger partial charge in [-0.05, 0) is 34.9 Å². The molecule has 0 radical (unpaired) electrons. The van der Waals surface area contributed by atoms with Crippen molar-refractivity contribution in [1.82, 2.24) is 25.2 Å². The molecule has 0 saturated carbocycles. The Bertz CT molecular complexity index is 1700. The second-order valence-electron chi connectivity index (χ2n) is 10.7. The molecule has 3 N–H and O–H groups in total. The SMILES string of the molecule is CONC(=O)C1CN(Cc2ccccc2)CCN1C(=O)Cc1ccc(-c2cccc(-c3cc4ccncc4[nH]3)c2O)cc1. The number of nitrogens with zero attached hydrogens (tertiary/aromatic N) is 3. The van der Waals surface area contributed by atoms with Crippen molar-refractivity contribution in [2.75, 3.05) is 26.7 Å². The summed E-state index contributed by atoms with van der Waals surface area (Å²) in [6.45, 7) is 2.22. The summed E-state index contributed by atoms with van der Waals surface area (Å²) in [4.78, 5) is 42.6. The molecule has 1 unspecified atom stereocenters. The number of benzene rings is 3. The smallest absolute Gasteiger partial charge is 0.267 e. The van der Waals surface area contributed by atoms with E-state index in [2.05, 4.69) is 32.5 Å². The third kappa shape index (κ3) is 6.13. The molecule has 0 bridgehead atoms. The molecule has 0 spiro atoms. The first-order chi connectivity index (χ1) is 21.0. The molecule has 5 aromatic rings. The molecule has 2 aromatic heterocycles. The number of carbonyl (C=O) groups is 2. The second-order valence-corrected chi connectivity index (χ2v) is 10.7. The summed E-state index contributed by atoms with van der Waals surface area (Å²) in [5.74, 6) is -0.293. The molecular weight excluding hydrogens is 542 g/mol. The number of phenols is 1. The Kier molecular flexibility index (Phi) is 8.17. The molecule has 1 aliphatic heterocycles. The lowest BCUT2D eigenvalue weighted by molar-refractivity contribution is -0.149. The van der Waals surface area contributed by atoms with Crippen LogP contribution in [0.4, 0.5) is 0 Å². The molecule has 1 fully saturated rings. The summed E-state index contributed by atoms with van der Waals surface area (Å²) < 4.78 is 0. The van der Waals surface area contributed by atoms with Gasteiger partial charge in [0, 0.05) is 48.9 Å². The molecule has 9 heteroatoms. The molecule has 1 atom stereocenters. The second kappa shape index (κ2) is 12.5. The predicted molar refractivity (Wildman–Crippen MR) is 165 cm³/mol. The zero-order valence-corrected chi connectivity index (χ0v) is 23.9. The third-order valence-corrected chi connectivity index (χ3v) is 7.91. The topological polar surface area (TPSA) is 111 Å². The standard InChI is InChI=1S/C34H33N5O4/c1-43-37-34(42)31-22-38(21-24-6-3-2-4-7-24)16-17-39(31)32(40)18-23-10-12-25(13-11-23)27-8-5-9-28(33(27)41)29-19-26-14-15-35-20-30(26)36-29/h2-15,19-20,31,36,41H,16-18,21-22H2,1H3,(H,37,42). The van der Waals surface area contributed by atoms with Gasteiger partial charge in [0.15, 0.2) is 0 Å². The van der Waals surface area contributed by atoms with Gasteiger partial charge < -0.3 is 15.0 Å². The molecule has 1 saturated heterocycles. The van der Waals surface area contributed by atoms with Crippen molar-refractivity contribution in [1.29, 1.82) is 0 Å². The number of piperazine rings is 1. The third-order valence-electron chi connectivity index (χ3n) is 7.91. The van der Waals surface area contributed by atoms with Gasteiger partial charge >= 0.3 is 0 Å². The van der Waals surface area contributed by atoms with Gasteiger partial charge in [-0.25, -0.2) is 5.48 Å². The van der Waals surface area contributed by atoms with E-state index in [1.807, 2.05) is 72.8 Å². The van der Waals surface area contributed by atoms with Gasteiger partial charge in [0.1, 0.15) is 11.8 Å². The Balaban J connectivity index is 1.16. The Morgan fingerprint density at radius 1 is 0.977 bits per heavy atom. The molecule has 6 rings (SSSR count). The minimum atomic E-state index is -0.663. The van der Waals surface area contributed by atoms with Gasteiger partial charge in [-0.2, -0.15) is 0 Å². The molecular formula is C34H33N5O4. The number of carbonyl (C=O) groups excluding carboxylic acids is 2. The number of aromatic nitrogens is 2. The zero-order chi connectivity index (χ0) is 29.8. The number of aromatic amines is 1. The number of rotatable bonds is 8. The van der Waals surface area contributed by atoms with E-state index in [1.165, 1.54) is 7.11 Å². The maximum absolute atomic E-state index is 13.5. The number of hydroxylamine groups is 1. The van der Waals surface area contributed by atoms with Crippen molar-refractivity contribution in [3.63, 3.8) is 0 Å². The summed E-state index contributed by atoms with van der Waals surface area (Å²) >= 11 is 0.